The first kappa shape index (κ1) is 9.71. The van der Waals surface area contributed by atoms with Gasteiger partial charge in [-0.2, -0.15) is 5.10 Å². The number of H-pyrrole nitrogens is 1. The lowest BCUT2D eigenvalue weighted by atomic mass is 9.93. The standard InChI is InChI=1S/C11H19N3/c1-2-10-8-11(14-13-10)7-9-3-5-12-6-4-9/h8-9,12H,2-7H2,1H3,(H,13,14). The van der Waals surface area contributed by atoms with E-state index in [1.807, 2.05) is 0 Å². The number of nitrogens with zero attached hydrogens (tertiary/aromatic N) is 1. The van der Waals surface area contributed by atoms with Crippen LogP contribution in [-0.2, 0) is 12.8 Å². The summed E-state index contributed by atoms with van der Waals surface area (Å²) in [6, 6.07) is 2.21. The highest BCUT2D eigenvalue weighted by molar-refractivity contribution is 5.09. The second-order valence-electron chi connectivity index (χ2n) is 4.14. The Morgan fingerprint density at radius 2 is 2.21 bits per heavy atom. The lowest BCUT2D eigenvalue weighted by molar-refractivity contribution is 0.370. The molecule has 0 saturated carbocycles. The molecule has 0 amide bonds. The first-order valence-corrected chi connectivity index (χ1v) is 5.62. The molecular weight excluding hydrogens is 174 g/mol. The zero-order chi connectivity index (χ0) is 9.80. The van der Waals surface area contributed by atoms with E-state index in [1.54, 1.807) is 0 Å². The number of hydrogen-bond donors (Lipinski definition) is 2. The molecule has 2 heterocycles. The average molecular weight is 193 g/mol. The van der Waals surface area contributed by atoms with Crippen molar-refractivity contribution < 1.29 is 0 Å². The minimum Gasteiger partial charge on any atom is -0.317 e. The molecule has 1 aliphatic rings. The van der Waals surface area contributed by atoms with Crippen molar-refractivity contribution in [3.05, 3.63) is 17.5 Å². The van der Waals surface area contributed by atoms with Gasteiger partial charge < -0.3 is 5.32 Å². The third-order valence-corrected chi connectivity index (χ3v) is 3.01. The normalized spacial score (nSPS) is 18.6. The Morgan fingerprint density at radius 3 is 2.86 bits per heavy atom. The predicted molar refractivity (Wildman–Crippen MR) is 57.3 cm³/mol. The molecule has 2 rings (SSSR count). The van der Waals surface area contributed by atoms with Gasteiger partial charge in [-0.15, -0.1) is 0 Å². The Balaban J connectivity index is 1.89. The van der Waals surface area contributed by atoms with Crippen LogP contribution in [0, 0.1) is 5.92 Å². The Kier molecular flexibility index (Phi) is 3.19. The summed E-state index contributed by atoms with van der Waals surface area (Å²) >= 11 is 0. The number of rotatable bonds is 3. The van der Waals surface area contributed by atoms with Gasteiger partial charge in [-0.1, -0.05) is 6.92 Å². The molecule has 0 aliphatic carbocycles. The van der Waals surface area contributed by atoms with Gasteiger partial charge in [0.2, 0.25) is 0 Å². The first-order valence-electron chi connectivity index (χ1n) is 5.62. The van der Waals surface area contributed by atoms with Crippen molar-refractivity contribution in [2.75, 3.05) is 13.1 Å². The van der Waals surface area contributed by atoms with Crippen molar-refractivity contribution in [1.29, 1.82) is 0 Å². The summed E-state index contributed by atoms with van der Waals surface area (Å²) < 4.78 is 0. The summed E-state index contributed by atoms with van der Waals surface area (Å²) in [4.78, 5) is 0. The van der Waals surface area contributed by atoms with Crippen LogP contribution in [0.15, 0.2) is 6.07 Å². The second kappa shape index (κ2) is 4.60. The maximum atomic E-state index is 4.26. The Hall–Kier alpha value is -0.830. The van der Waals surface area contributed by atoms with E-state index in [2.05, 4.69) is 28.5 Å². The van der Waals surface area contributed by atoms with Crippen LogP contribution in [0.25, 0.3) is 0 Å². The molecule has 3 nitrogen and oxygen atoms in total. The molecule has 1 fully saturated rings. The quantitative estimate of drug-likeness (QED) is 0.764. The van der Waals surface area contributed by atoms with E-state index in [9.17, 15) is 0 Å². The number of nitrogens with one attached hydrogen (secondary N) is 2. The Labute approximate surface area is 85.3 Å². The number of aromatic nitrogens is 2. The van der Waals surface area contributed by atoms with E-state index in [-0.39, 0.29) is 0 Å². The van der Waals surface area contributed by atoms with Crippen LogP contribution in [0.4, 0.5) is 0 Å². The fourth-order valence-electron chi connectivity index (χ4n) is 2.09. The molecule has 0 unspecified atom stereocenters. The van der Waals surface area contributed by atoms with Crippen LogP contribution in [0.2, 0.25) is 0 Å². The molecular formula is C11H19N3. The minimum atomic E-state index is 0.849. The molecule has 0 spiro atoms. The third kappa shape index (κ3) is 2.35. The van der Waals surface area contributed by atoms with Crippen molar-refractivity contribution >= 4 is 0 Å². The summed E-state index contributed by atoms with van der Waals surface area (Å²) in [5, 5.41) is 10.8. The van der Waals surface area contributed by atoms with Gasteiger partial charge in [-0.05, 0) is 50.8 Å². The van der Waals surface area contributed by atoms with E-state index in [0.29, 0.717) is 0 Å². The predicted octanol–water partition coefficient (Wildman–Crippen LogP) is 1.51. The highest BCUT2D eigenvalue weighted by atomic mass is 15.1. The molecule has 78 valence electrons. The van der Waals surface area contributed by atoms with Crippen molar-refractivity contribution in [3.8, 4) is 0 Å². The summed E-state index contributed by atoms with van der Waals surface area (Å²) in [6.45, 7) is 4.50. The molecule has 0 bridgehead atoms. The third-order valence-electron chi connectivity index (χ3n) is 3.01. The molecule has 1 aromatic rings. The van der Waals surface area contributed by atoms with Gasteiger partial charge in [0.05, 0.1) is 5.69 Å². The van der Waals surface area contributed by atoms with Crippen LogP contribution in [0.5, 0.6) is 0 Å². The number of hydrogen-bond acceptors (Lipinski definition) is 2. The van der Waals surface area contributed by atoms with Gasteiger partial charge >= 0.3 is 0 Å². The fourth-order valence-corrected chi connectivity index (χ4v) is 2.09. The van der Waals surface area contributed by atoms with E-state index in [4.69, 9.17) is 0 Å². The monoisotopic (exact) mass is 193 g/mol. The summed E-state index contributed by atoms with van der Waals surface area (Å²) in [6.07, 6.45) is 4.82. The second-order valence-corrected chi connectivity index (χ2v) is 4.14. The molecule has 1 saturated heterocycles. The van der Waals surface area contributed by atoms with Crippen LogP contribution in [-0.4, -0.2) is 23.3 Å². The Morgan fingerprint density at radius 1 is 1.43 bits per heavy atom. The number of aryl methyl sites for hydroxylation is 1. The zero-order valence-electron chi connectivity index (χ0n) is 8.84. The van der Waals surface area contributed by atoms with Crippen LogP contribution < -0.4 is 5.32 Å². The molecule has 1 aliphatic heterocycles. The van der Waals surface area contributed by atoms with Crippen LogP contribution in [0.3, 0.4) is 0 Å². The Bertz CT molecular complexity index is 274. The molecule has 0 radical (unpaired) electrons. The lowest BCUT2D eigenvalue weighted by Gasteiger charge is -2.21. The van der Waals surface area contributed by atoms with Gasteiger partial charge in [-0.3, -0.25) is 5.10 Å². The lowest BCUT2D eigenvalue weighted by Crippen LogP contribution is -2.28. The SMILES string of the molecule is CCc1cc(CC2CCNCC2)[nH]n1. The highest BCUT2D eigenvalue weighted by Gasteiger charge is 2.14. The van der Waals surface area contributed by atoms with E-state index < -0.39 is 0 Å². The molecule has 0 atom stereocenters. The topological polar surface area (TPSA) is 40.7 Å². The van der Waals surface area contributed by atoms with Crippen molar-refractivity contribution in [2.24, 2.45) is 5.92 Å². The van der Waals surface area contributed by atoms with Gasteiger partial charge in [0.1, 0.15) is 0 Å². The van der Waals surface area contributed by atoms with Crippen molar-refractivity contribution in [3.63, 3.8) is 0 Å². The van der Waals surface area contributed by atoms with E-state index in [0.717, 1.165) is 12.3 Å². The van der Waals surface area contributed by atoms with Crippen molar-refractivity contribution in [2.45, 2.75) is 32.6 Å². The summed E-state index contributed by atoms with van der Waals surface area (Å²) in [5.41, 5.74) is 2.50. The maximum absolute atomic E-state index is 4.26. The molecule has 0 aromatic carbocycles. The van der Waals surface area contributed by atoms with Crippen LogP contribution in [0.1, 0.15) is 31.2 Å². The number of piperidine rings is 1. The first-order chi connectivity index (χ1) is 6.88. The van der Waals surface area contributed by atoms with Gasteiger partial charge in [0.25, 0.3) is 0 Å². The van der Waals surface area contributed by atoms with E-state index in [1.165, 1.54) is 43.7 Å². The molecule has 14 heavy (non-hydrogen) atoms. The zero-order valence-corrected chi connectivity index (χ0v) is 8.84. The molecule has 1 aromatic heterocycles. The minimum absolute atomic E-state index is 0.849. The molecule has 2 N–H and O–H groups in total. The smallest absolute Gasteiger partial charge is 0.0622 e. The van der Waals surface area contributed by atoms with Crippen LogP contribution >= 0.6 is 0 Å². The highest BCUT2D eigenvalue weighted by Crippen LogP contribution is 2.17. The van der Waals surface area contributed by atoms with E-state index >= 15 is 0 Å². The molecule has 3 heteroatoms. The summed E-state index contributed by atoms with van der Waals surface area (Å²) in [5.74, 6) is 0.849. The average Bonchev–Trinajstić information content (AvgIpc) is 2.67. The van der Waals surface area contributed by atoms with Gasteiger partial charge in [-0.25, -0.2) is 0 Å². The largest absolute Gasteiger partial charge is 0.317 e. The number of aromatic amines is 1. The maximum Gasteiger partial charge on any atom is 0.0622 e. The summed E-state index contributed by atoms with van der Waals surface area (Å²) in [7, 11) is 0. The fraction of sp³-hybridized carbons (Fsp3) is 0.727. The van der Waals surface area contributed by atoms with Gasteiger partial charge in [0.15, 0.2) is 0 Å². The van der Waals surface area contributed by atoms with Crippen molar-refractivity contribution in [1.82, 2.24) is 15.5 Å². The van der Waals surface area contributed by atoms with Gasteiger partial charge in [0, 0.05) is 5.69 Å².